The van der Waals surface area contributed by atoms with E-state index in [-0.39, 0.29) is 164 Å². The van der Waals surface area contributed by atoms with Crippen LogP contribution in [0.4, 0.5) is 0 Å². The first-order chi connectivity index (χ1) is 15.8. The van der Waals surface area contributed by atoms with E-state index in [1.54, 1.807) is 0 Å². The largest absolute Gasteiger partial charge is 0.457 e. The van der Waals surface area contributed by atoms with Gasteiger partial charge >= 0.3 is 0 Å². The Hall–Kier alpha value is 4.50. The van der Waals surface area contributed by atoms with Crippen LogP contribution in [0.3, 0.4) is 0 Å². The van der Waals surface area contributed by atoms with Crippen LogP contribution < -0.4 is 0 Å². The monoisotopic (exact) mass is 900 g/mol. The molecule has 1 aromatic carbocycles. The van der Waals surface area contributed by atoms with Crippen LogP contribution in [0.15, 0.2) is 24.3 Å². The van der Waals surface area contributed by atoms with Crippen molar-refractivity contribution in [2.45, 2.75) is 26.3 Å². The standard InChI is InChI=1S/C27H47N6.5Y/c1-8-33-21-19-30(5)16-15-28(3)13-14-29(4)17-18-31(6)24-27(32(7)20-22-33)23-26-11-9-25(2)10-12-26;;;;;/h9-12,27H,3-8,13-24H2,1-2H3;;;;;/q-5;;;;;. The van der Waals surface area contributed by atoms with Crippen molar-refractivity contribution in [2.24, 2.45) is 0 Å². The molecule has 1 aliphatic heterocycles. The molecule has 205 valence electrons. The van der Waals surface area contributed by atoms with E-state index in [2.05, 4.69) is 103 Å². The molecule has 0 bridgehead atoms. The molecule has 1 aromatic rings. The first-order valence-electron chi connectivity index (χ1n) is 12.3. The van der Waals surface area contributed by atoms with E-state index in [0.717, 1.165) is 85.0 Å². The quantitative estimate of drug-likeness (QED) is 0.433. The molecule has 5 radical (unpaired) electrons. The number of aryl methyl sites for hydroxylation is 1. The Kier molecular flexibility index (Phi) is 37.6. The Morgan fingerprint density at radius 1 is 0.605 bits per heavy atom. The maximum atomic E-state index is 4.46. The van der Waals surface area contributed by atoms with Gasteiger partial charge in [-0.3, -0.25) is 35.2 Å². The van der Waals surface area contributed by atoms with Gasteiger partial charge in [0.05, 0.1) is 0 Å². The minimum Gasteiger partial charge on any atom is -0.457 e. The maximum absolute atomic E-state index is 4.46. The fraction of sp³-hybridized carbons (Fsp3) is 0.593. The number of likely N-dealkylation sites (N-methyl/N-ethyl adjacent to an activating group) is 1. The zero-order valence-electron chi connectivity index (χ0n) is 24.2. The van der Waals surface area contributed by atoms with Gasteiger partial charge in [0.25, 0.3) is 0 Å². The van der Waals surface area contributed by atoms with Crippen molar-refractivity contribution in [1.82, 2.24) is 29.4 Å². The molecule has 0 aromatic heterocycles. The van der Waals surface area contributed by atoms with E-state index >= 15 is 0 Å². The minimum atomic E-state index is 0. The topological polar surface area (TPSA) is 19.4 Å². The van der Waals surface area contributed by atoms with Gasteiger partial charge in [-0.1, -0.05) is 36.8 Å². The van der Waals surface area contributed by atoms with Crippen LogP contribution in [0.1, 0.15) is 18.1 Å². The van der Waals surface area contributed by atoms with Crippen LogP contribution in [-0.2, 0) is 170 Å². The molecule has 1 atom stereocenters. The fourth-order valence-electron chi connectivity index (χ4n) is 4.04. The van der Waals surface area contributed by atoms with E-state index < -0.39 is 0 Å². The van der Waals surface area contributed by atoms with Crippen LogP contribution in [0.25, 0.3) is 0 Å². The zero-order valence-corrected chi connectivity index (χ0v) is 38.4. The van der Waals surface area contributed by atoms with Gasteiger partial charge in [0.1, 0.15) is 0 Å². The van der Waals surface area contributed by atoms with Crippen LogP contribution in [0.2, 0.25) is 0 Å². The van der Waals surface area contributed by atoms with E-state index in [9.17, 15) is 0 Å². The molecule has 0 N–H and O–H groups in total. The van der Waals surface area contributed by atoms with Crippen molar-refractivity contribution >= 4 is 0 Å². The number of hydrogen-bond acceptors (Lipinski definition) is 6. The van der Waals surface area contributed by atoms with Crippen LogP contribution >= 0.6 is 0 Å². The summed E-state index contributed by atoms with van der Waals surface area (Å²) in [6.45, 7) is 15.6. The summed E-state index contributed by atoms with van der Waals surface area (Å²) in [5.74, 6) is 0. The molecule has 0 spiro atoms. The summed E-state index contributed by atoms with van der Waals surface area (Å²) < 4.78 is 0. The van der Waals surface area contributed by atoms with Gasteiger partial charge in [-0.25, -0.2) is 0 Å². The Bertz CT molecular complexity index is 657. The molecule has 1 fully saturated rings. The predicted octanol–water partition coefficient (Wildman–Crippen LogP) is 2.70. The summed E-state index contributed by atoms with van der Waals surface area (Å²) >= 11 is 0. The van der Waals surface area contributed by atoms with E-state index in [1.165, 1.54) is 11.1 Å². The molecule has 11 heteroatoms. The molecule has 0 saturated carbocycles. The van der Waals surface area contributed by atoms with Gasteiger partial charge in [-0.2, -0.15) is 0 Å². The van der Waals surface area contributed by atoms with E-state index in [0.29, 0.717) is 6.04 Å². The summed E-state index contributed by atoms with van der Waals surface area (Å²) in [5, 5.41) is 0. The third-order valence-corrected chi connectivity index (χ3v) is 6.66. The van der Waals surface area contributed by atoms with Crippen molar-refractivity contribution in [1.29, 1.82) is 0 Å². The molecule has 38 heavy (non-hydrogen) atoms. The fourth-order valence-corrected chi connectivity index (χ4v) is 4.04. The second kappa shape index (κ2) is 28.9. The third kappa shape index (κ3) is 22.1. The maximum Gasteiger partial charge on any atom is 0.00856 e. The summed E-state index contributed by atoms with van der Waals surface area (Å²) in [5.41, 5.74) is 2.65. The predicted molar refractivity (Wildman–Crippen MR) is 141 cm³/mol. The smallest absolute Gasteiger partial charge is 0.00856 e. The molecular weight excluding hydrogens is 853 g/mol. The van der Waals surface area contributed by atoms with Gasteiger partial charge in [-0.05, 0) is 90.4 Å². The summed E-state index contributed by atoms with van der Waals surface area (Å²) in [6.07, 6.45) is 0.971. The van der Waals surface area contributed by atoms with Crippen molar-refractivity contribution < 1.29 is 164 Å². The number of nitrogens with zero attached hydrogens (tertiary/aromatic N) is 6. The number of rotatable bonds is 3. The Balaban J connectivity index is -0.00000116. The van der Waals surface area contributed by atoms with Gasteiger partial charge in [-0.15, -0.1) is 0 Å². The summed E-state index contributed by atoms with van der Waals surface area (Å²) in [7, 11) is 21.4. The van der Waals surface area contributed by atoms with Crippen LogP contribution in [-0.4, -0.2) is 114 Å². The first kappa shape index (κ1) is 49.4. The minimum absolute atomic E-state index is 0. The van der Waals surface area contributed by atoms with Crippen molar-refractivity contribution in [2.75, 3.05) is 78.5 Å². The molecule has 6 nitrogen and oxygen atoms in total. The zero-order chi connectivity index (χ0) is 24.2. The summed E-state index contributed by atoms with van der Waals surface area (Å²) in [4.78, 5) is 13.4. The number of benzene rings is 1. The Morgan fingerprint density at radius 2 is 1.00 bits per heavy atom. The van der Waals surface area contributed by atoms with Crippen molar-refractivity contribution in [3.63, 3.8) is 0 Å². The SMILES string of the molecule is [CH2-]N1CCN([CH2-])CCN([CH2-])CC(Cc2ccc(C)cc2)N([CH2-])CCN(CC)CCN([CH2-])CC1.[Y].[Y].[Y].[Y].[Y]. The Morgan fingerprint density at radius 3 is 1.45 bits per heavy atom. The average molecular weight is 900 g/mol. The molecule has 1 saturated heterocycles. The van der Waals surface area contributed by atoms with Crippen molar-refractivity contribution in [3.8, 4) is 0 Å². The summed E-state index contributed by atoms with van der Waals surface area (Å²) in [6, 6.07) is 9.18. The normalized spacial score (nSPS) is 21.3. The van der Waals surface area contributed by atoms with Crippen LogP contribution in [0.5, 0.6) is 0 Å². The second-order valence-corrected chi connectivity index (χ2v) is 9.52. The van der Waals surface area contributed by atoms with E-state index in [1.807, 2.05) is 0 Å². The van der Waals surface area contributed by atoms with Gasteiger partial charge in [0, 0.05) is 177 Å². The molecule has 0 amide bonds. The molecule has 1 heterocycles. The van der Waals surface area contributed by atoms with Gasteiger partial charge in [0.15, 0.2) is 0 Å². The third-order valence-electron chi connectivity index (χ3n) is 6.66. The van der Waals surface area contributed by atoms with Gasteiger partial charge in [0.2, 0.25) is 0 Å². The molecular formula is C27H47N6Y5-5. The van der Waals surface area contributed by atoms with E-state index in [4.69, 9.17) is 0 Å². The first-order valence-corrected chi connectivity index (χ1v) is 12.3. The molecule has 0 aliphatic carbocycles. The second-order valence-electron chi connectivity index (χ2n) is 9.52. The molecule has 2 rings (SSSR count). The van der Waals surface area contributed by atoms with Crippen LogP contribution in [0, 0.1) is 42.2 Å². The average Bonchev–Trinajstić information content (AvgIpc) is 2.80. The van der Waals surface area contributed by atoms with Gasteiger partial charge < -0.3 is 29.4 Å². The number of hydrogen-bond donors (Lipinski definition) is 0. The molecule has 1 aliphatic rings. The Labute approximate surface area is 362 Å². The molecule has 1 unspecified atom stereocenters. The van der Waals surface area contributed by atoms with Crippen molar-refractivity contribution in [3.05, 3.63) is 70.6 Å².